The molecule has 0 saturated heterocycles. The van der Waals surface area contributed by atoms with Crippen molar-refractivity contribution in [2.75, 3.05) is 25.0 Å². The number of rotatable bonds is 7. The Morgan fingerprint density at radius 2 is 1.95 bits per heavy atom. The molecule has 0 aromatic heterocycles. The van der Waals surface area contributed by atoms with Crippen molar-refractivity contribution in [2.45, 2.75) is 40.2 Å². The first-order valence-corrected chi connectivity index (χ1v) is 7.25. The Kier molecular flexibility index (Phi) is 6.29. The summed E-state index contributed by atoms with van der Waals surface area (Å²) in [6, 6.07) is 5.51. The van der Waals surface area contributed by atoms with Crippen LogP contribution in [0.25, 0.3) is 0 Å². The molecule has 2 nitrogen and oxygen atoms in total. The molecule has 0 aliphatic carbocycles. The van der Waals surface area contributed by atoms with Crippen molar-refractivity contribution in [3.8, 4) is 0 Å². The topological polar surface area (TPSA) is 15.3 Å². The first-order valence-electron chi connectivity index (χ1n) is 7.25. The van der Waals surface area contributed by atoms with E-state index in [9.17, 15) is 4.39 Å². The Bertz CT molecular complexity index is 392. The minimum Gasteiger partial charge on any atom is -0.369 e. The summed E-state index contributed by atoms with van der Waals surface area (Å²) in [6.45, 7) is 10.3. The van der Waals surface area contributed by atoms with E-state index in [0.29, 0.717) is 5.92 Å². The van der Waals surface area contributed by atoms with Crippen LogP contribution in [0, 0.1) is 11.7 Å². The van der Waals surface area contributed by atoms with Gasteiger partial charge in [-0.2, -0.15) is 0 Å². The minimum atomic E-state index is -0.121. The molecule has 1 rings (SSSR count). The van der Waals surface area contributed by atoms with E-state index in [0.717, 1.165) is 30.8 Å². The van der Waals surface area contributed by atoms with Crippen LogP contribution in [0.5, 0.6) is 0 Å². The number of hydrogen-bond donors (Lipinski definition) is 1. The number of halogens is 1. The third-order valence-corrected chi connectivity index (χ3v) is 3.84. The van der Waals surface area contributed by atoms with Crippen molar-refractivity contribution < 1.29 is 4.39 Å². The predicted molar refractivity (Wildman–Crippen MR) is 81.2 cm³/mol. The fourth-order valence-electron chi connectivity index (χ4n) is 2.25. The Morgan fingerprint density at radius 3 is 2.47 bits per heavy atom. The first kappa shape index (κ1) is 16.0. The Hall–Kier alpha value is -1.09. The van der Waals surface area contributed by atoms with Gasteiger partial charge in [0.05, 0.1) is 5.69 Å². The van der Waals surface area contributed by atoms with Gasteiger partial charge in [-0.05, 0) is 38.4 Å². The van der Waals surface area contributed by atoms with Gasteiger partial charge in [-0.1, -0.05) is 32.4 Å². The summed E-state index contributed by atoms with van der Waals surface area (Å²) in [5.74, 6) is 0.446. The summed E-state index contributed by atoms with van der Waals surface area (Å²) in [7, 11) is 1.91. The van der Waals surface area contributed by atoms with E-state index in [4.69, 9.17) is 0 Å². The van der Waals surface area contributed by atoms with Crippen LogP contribution in [0.15, 0.2) is 18.2 Å². The lowest BCUT2D eigenvalue weighted by molar-refractivity contribution is 0.532. The van der Waals surface area contributed by atoms with E-state index in [1.807, 2.05) is 13.1 Å². The second kappa shape index (κ2) is 7.49. The lowest BCUT2D eigenvalue weighted by Gasteiger charge is -2.30. The fourth-order valence-corrected chi connectivity index (χ4v) is 2.25. The second-order valence-corrected chi connectivity index (χ2v) is 5.24. The fraction of sp³-hybridized carbons (Fsp3) is 0.625. The van der Waals surface area contributed by atoms with Gasteiger partial charge in [0.1, 0.15) is 5.82 Å². The largest absolute Gasteiger partial charge is 0.369 e. The maximum atomic E-state index is 14.3. The smallest absolute Gasteiger partial charge is 0.146 e. The molecule has 3 heteroatoms. The van der Waals surface area contributed by atoms with Crippen LogP contribution in [0.4, 0.5) is 10.1 Å². The highest BCUT2D eigenvalue weighted by molar-refractivity contribution is 5.56. The molecular formula is C16H27FN2. The molecule has 0 radical (unpaired) electrons. The molecule has 0 fully saturated rings. The molecule has 1 aromatic carbocycles. The van der Waals surface area contributed by atoms with E-state index < -0.39 is 0 Å². The lowest BCUT2D eigenvalue weighted by atomic mass is 10.0. The Labute approximate surface area is 117 Å². The molecule has 0 aliphatic heterocycles. The van der Waals surface area contributed by atoms with Crippen molar-refractivity contribution in [3.05, 3.63) is 29.6 Å². The van der Waals surface area contributed by atoms with Crippen LogP contribution in [0.2, 0.25) is 0 Å². The Balaban J connectivity index is 3.14. The van der Waals surface area contributed by atoms with E-state index in [2.05, 4.69) is 37.9 Å². The molecular weight excluding hydrogens is 239 g/mol. The molecule has 0 aliphatic rings. The van der Waals surface area contributed by atoms with E-state index >= 15 is 0 Å². The zero-order valence-corrected chi connectivity index (χ0v) is 12.8. The highest BCUT2D eigenvalue weighted by Gasteiger charge is 2.19. The zero-order chi connectivity index (χ0) is 14.4. The van der Waals surface area contributed by atoms with Gasteiger partial charge in [-0.3, -0.25) is 0 Å². The van der Waals surface area contributed by atoms with Crippen molar-refractivity contribution in [1.82, 2.24) is 5.32 Å². The monoisotopic (exact) mass is 266 g/mol. The summed E-state index contributed by atoms with van der Waals surface area (Å²) >= 11 is 0. The van der Waals surface area contributed by atoms with Crippen LogP contribution in [0.3, 0.4) is 0 Å². The highest BCUT2D eigenvalue weighted by atomic mass is 19.1. The van der Waals surface area contributed by atoms with Gasteiger partial charge < -0.3 is 10.2 Å². The summed E-state index contributed by atoms with van der Waals surface area (Å²) in [5.41, 5.74) is 1.79. The standard InChI is InChI=1S/C16H27FN2/c1-6-12(3)11-19(7-2)16-14(13(4)18-5)9-8-10-15(16)17/h8-10,12-13,18H,6-7,11H2,1-5H3. The van der Waals surface area contributed by atoms with E-state index in [1.54, 1.807) is 12.1 Å². The number of nitrogens with zero attached hydrogens (tertiary/aromatic N) is 1. The average Bonchev–Trinajstić information content (AvgIpc) is 2.43. The third-order valence-electron chi connectivity index (χ3n) is 3.84. The minimum absolute atomic E-state index is 0.121. The number of para-hydroxylation sites is 1. The molecule has 1 aromatic rings. The van der Waals surface area contributed by atoms with Gasteiger partial charge in [-0.15, -0.1) is 0 Å². The van der Waals surface area contributed by atoms with Crippen LogP contribution < -0.4 is 10.2 Å². The number of hydrogen-bond acceptors (Lipinski definition) is 2. The van der Waals surface area contributed by atoms with Crippen LogP contribution in [-0.4, -0.2) is 20.1 Å². The summed E-state index contributed by atoms with van der Waals surface area (Å²) < 4.78 is 14.3. The Morgan fingerprint density at radius 1 is 1.26 bits per heavy atom. The lowest BCUT2D eigenvalue weighted by Crippen LogP contribution is -2.31. The zero-order valence-electron chi connectivity index (χ0n) is 12.8. The molecule has 108 valence electrons. The third kappa shape index (κ3) is 3.93. The van der Waals surface area contributed by atoms with Gasteiger partial charge in [0.15, 0.2) is 0 Å². The second-order valence-electron chi connectivity index (χ2n) is 5.24. The van der Waals surface area contributed by atoms with Crippen molar-refractivity contribution >= 4 is 5.69 Å². The molecule has 19 heavy (non-hydrogen) atoms. The maximum absolute atomic E-state index is 14.3. The van der Waals surface area contributed by atoms with Gasteiger partial charge in [0.2, 0.25) is 0 Å². The molecule has 0 heterocycles. The molecule has 0 amide bonds. The number of benzene rings is 1. The molecule has 0 saturated carbocycles. The van der Waals surface area contributed by atoms with Gasteiger partial charge in [-0.25, -0.2) is 4.39 Å². The van der Waals surface area contributed by atoms with Crippen molar-refractivity contribution in [2.24, 2.45) is 5.92 Å². The molecule has 0 spiro atoms. The van der Waals surface area contributed by atoms with Gasteiger partial charge in [0.25, 0.3) is 0 Å². The van der Waals surface area contributed by atoms with Crippen LogP contribution in [0.1, 0.15) is 45.7 Å². The average molecular weight is 266 g/mol. The number of anilines is 1. The molecule has 2 atom stereocenters. The molecule has 0 bridgehead atoms. The SMILES string of the molecule is CCC(C)CN(CC)c1c(F)cccc1C(C)NC. The first-order chi connectivity index (χ1) is 9.04. The van der Waals surface area contributed by atoms with E-state index in [1.165, 1.54) is 0 Å². The predicted octanol–water partition coefficient (Wildman–Crippen LogP) is 3.98. The normalized spacial score (nSPS) is 14.2. The summed E-state index contributed by atoms with van der Waals surface area (Å²) in [4.78, 5) is 2.16. The molecule has 2 unspecified atom stereocenters. The summed E-state index contributed by atoms with van der Waals surface area (Å²) in [5, 5.41) is 3.20. The van der Waals surface area contributed by atoms with Crippen molar-refractivity contribution in [1.29, 1.82) is 0 Å². The molecule has 1 N–H and O–H groups in total. The van der Waals surface area contributed by atoms with Crippen LogP contribution in [-0.2, 0) is 0 Å². The van der Waals surface area contributed by atoms with Crippen LogP contribution >= 0.6 is 0 Å². The van der Waals surface area contributed by atoms with Gasteiger partial charge in [0, 0.05) is 19.1 Å². The maximum Gasteiger partial charge on any atom is 0.146 e. The summed E-state index contributed by atoms with van der Waals surface area (Å²) in [6.07, 6.45) is 1.11. The van der Waals surface area contributed by atoms with Crippen molar-refractivity contribution in [3.63, 3.8) is 0 Å². The van der Waals surface area contributed by atoms with E-state index in [-0.39, 0.29) is 11.9 Å². The quantitative estimate of drug-likeness (QED) is 0.803. The number of nitrogens with one attached hydrogen (secondary N) is 1. The van der Waals surface area contributed by atoms with Gasteiger partial charge >= 0.3 is 0 Å². The highest BCUT2D eigenvalue weighted by Crippen LogP contribution is 2.30.